The first-order chi connectivity index (χ1) is 12.7. The first kappa shape index (κ1) is 19.3. The number of esters is 1. The molecule has 1 aliphatic rings. The Morgan fingerprint density at radius 3 is 2.67 bits per heavy atom. The van der Waals surface area contributed by atoms with Crippen LogP contribution in [0.4, 0.5) is 0 Å². The van der Waals surface area contributed by atoms with Gasteiger partial charge in [-0.15, -0.1) is 0 Å². The number of carbonyl (C=O) groups excluding carboxylic acids is 2. The summed E-state index contributed by atoms with van der Waals surface area (Å²) in [5.41, 5.74) is 1.70. The first-order valence-corrected chi connectivity index (χ1v) is 10.5. The fourth-order valence-corrected chi connectivity index (χ4v) is 5.07. The Hall–Kier alpha value is -2.48. The minimum absolute atomic E-state index is 0.0515. The average Bonchev–Trinajstić information content (AvgIpc) is 2.99. The maximum absolute atomic E-state index is 12.7. The summed E-state index contributed by atoms with van der Waals surface area (Å²) in [6.45, 7) is 3.28. The van der Waals surface area contributed by atoms with Gasteiger partial charge in [0.05, 0.1) is 22.6 Å². The molecule has 2 heterocycles. The predicted octanol–water partition coefficient (Wildman–Crippen LogP) is 1.73. The number of aromatic nitrogens is 1. The number of aryl methyl sites for hydroxylation is 1. The second-order valence-electron chi connectivity index (χ2n) is 6.88. The third-order valence-corrected chi connectivity index (χ3v) is 6.55. The van der Waals surface area contributed by atoms with E-state index in [2.05, 4.69) is 4.98 Å². The maximum Gasteiger partial charge on any atom is 0.339 e. The third kappa shape index (κ3) is 4.10. The van der Waals surface area contributed by atoms with Crippen molar-refractivity contribution in [2.75, 3.05) is 18.6 Å². The average molecular weight is 390 g/mol. The van der Waals surface area contributed by atoms with Crippen molar-refractivity contribution in [3.8, 4) is 0 Å². The molecular formula is C19H22N2O5S. The molecule has 2 aromatic rings. The molecular weight excluding hydrogens is 368 g/mol. The third-order valence-electron chi connectivity index (χ3n) is 4.80. The van der Waals surface area contributed by atoms with Gasteiger partial charge in [-0.3, -0.25) is 9.78 Å². The van der Waals surface area contributed by atoms with Crippen LogP contribution < -0.4 is 0 Å². The van der Waals surface area contributed by atoms with Crippen molar-refractivity contribution in [1.29, 1.82) is 0 Å². The Kier molecular flexibility index (Phi) is 5.19. The topological polar surface area (TPSA) is 93.6 Å². The van der Waals surface area contributed by atoms with Crippen LogP contribution in [0.1, 0.15) is 29.4 Å². The Morgan fingerprint density at radius 1 is 1.30 bits per heavy atom. The van der Waals surface area contributed by atoms with Crippen LogP contribution in [0.2, 0.25) is 0 Å². The molecule has 1 amide bonds. The summed E-state index contributed by atoms with van der Waals surface area (Å²) in [5.74, 6) is -0.999. The Labute approximate surface area is 158 Å². The molecule has 0 aliphatic carbocycles. The zero-order chi connectivity index (χ0) is 19.8. The van der Waals surface area contributed by atoms with Gasteiger partial charge in [-0.1, -0.05) is 18.2 Å². The van der Waals surface area contributed by atoms with E-state index in [4.69, 9.17) is 4.74 Å². The maximum atomic E-state index is 12.7. The van der Waals surface area contributed by atoms with Crippen molar-refractivity contribution in [2.45, 2.75) is 32.4 Å². The number of pyridine rings is 1. The highest BCUT2D eigenvalue weighted by atomic mass is 32.2. The molecule has 0 bridgehead atoms. The van der Waals surface area contributed by atoms with E-state index in [-0.39, 0.29) is 17.5 Å². The van der Waals surface area contributed by atoms with Crippen molar-refractivity contribution >= 4 is 32.6 Å². The molecule has 27 heavy (non-hydrogen) atoms. The molecule has 144 valence electrons. The summed E-state index contributed by atoms with van der Waals surface area (Å²) in [6.07, 6.45) is -0.613. The summed E-state index contributed by atoms with van der Waals surface area (Å²) < 4.78 is 28.6. The van der Waals surface area contributed by atoms with Crippen LogP contribution in [0.25, 0.3) is 10.9 Å². The van der Waals surface area contributed by atoms with E-state index in [1.54, 1.807) is 32.2 Å². The van der Waals surface area contributed by atoms with Gasteiger partial charge in [0.15, 0.2) is 15.9 Å². The van der Waals surface area contributed by atoms with Crippen LogP contribution in [0.5, 0.6) is 0 Å². The van der Waals surface area contributed by atoms with Crippen LogP contribution in [0.15, 0.2) is 30.3 Å². The smallest absolute Gasteiger partial charge is 0.339 e. The number of sulfone groups is 1. The van der Waals surface area contributed by atoms with Crippen molar-refractivity contribution in [3.63, 3.8) is 0 Å². The number of amides is 1. The fourth-order valence-electron chi connectivity index (χ4n) is 3.30. The number of hydrogen-bond acceptors (Lipinski definition) is 6. The molecule has 0 spiro atoms. The highest BCUT2D eigenvalue weighted by Crippen LogP contribution is 2.21. The van der Waals surface area contributed by atoms with Crippen molar-refractivity contribution < 1.29 is 22.7 Å². The lowest BCUT2D eigenvalue weighted by atomic mass is 10.1. The van der Waals surface area contributed by atoms with Crippen LogP contribution >= 0.6 is 0 Å². The molecule has 2 atom stereocenters. The van der Waals surface area contributed by atoms with Crippen molar-refractivity contribution in [3.05, 3.63) is 41.6 Å². The molecule has 0 unspecified atom stereocenters. The molecule has 1 aliphatic heterocycles. The largest absolute Gasteiger partial charge is 0.449 e. The number of para-hydroxylation sites is 1. The molecule has 8 heteroatoms. The van der Waals surface area contributed by atoms with Gasteiger partial charge in [-0.2, -0.15) is 0 Å². The van der Waals surface area contributed by atoms with E-state index in [1.807, 2.05) is 12.1 Å². The van der Waals surface area contributed by atoms with Crippen LogP contribution in [-0.2, 0) is 19.4 Å². The molecule has 1 fully saturated rings. The highest BCUT2D eigenvalue weighted by Gasteiger charge is 2.35. The van der Waals surface area contributed by atoms with Gasteiger partial charge in [-0.25, -0.2) is 13.2 Å². The van der Waals surface area contributed by atoms with E-state index in [0.29, 0.717) is 28.6 Å². The fraction of sp³-hybridized carbons (Fsp3) is 0.421. The monoisotopic (exact) mass is 390 g/mol. The predicted molar refractivity (Wildman–Crippen MR) is 101 cm³/mol. The second-order valence-corrected chi connectivity index (χ2v) is 9.11. The summed E-state index contributed by atoms with van der Waals surface area (Å²) in [5, 5.41) is 0.656. The Bertz CT molecular complexity index is 1000. The zero-order valence-corrected chi connectivity index (χ0v) is 16.3. The lowest BCUT2D eigenvalue weighted by Gasteiger charge is -2.26. The highest BCUT2D eigenvalue weighted by molar-refractivity contribution is 7.91. The number of nitrogens with zero attached hydrogens (tertiary/aromatic N) is 2. The number of fused-ring (bicyclic) bond motifs is 1. The molecule has 1 saturated heterocycles. The van der Waals surface area contributed by atoms with E-state index >= 15 is 0 Å². The van der Waals surface area contributed by atoms with Gasteiger partial charge in [-0.05, 0) is 32.4 Å². The van der Waals surface area contributed by atoms with Gasteiger partial charge in [0.1, 0.15) is 0 Å². The minimum Gasteiger partial charge on any atom is -0.449 e. The van der Waals surface area contributed by atoms with Crippen LogP contribution in [0, 0.1) is 6.92 Å². The lowest BCUT2D eigenvalue weighted by molar-refractivity contribution is -0.140. The number of likely N-dealkylation sites (N-methyl/N-ethyl adjacent to an activating group) is 1. The Morgan fingerprint density at radius 2 is 2.00 bits per heavy atom. The summed E-state index contributed by atoms with van der Waals surface area (Å²) in [7, 11) is -1.56. The number of rotatable bonds is 4. The van der Waals surface area contributed by atoms with Crippen LogP contribution in [-0.4, -0.2) is 60.9 Å². The lowest BCUT2D eigenvalue weighted by Crippen LogP contribution is -2.44. The first-order valence-electron chi connectivity index (χ1n) is 8.72. The van der Waals surface area contributed by atoms with E-state index in [1.165, 1.54) is 11.8 Å². The second kappa shape index (κ2) is 7.26. The quantitative estimate of drug-likeness (QED) is 0.738. The molecule has 0 saturated carbocycles. The minimum atomic E-state index is -3.10. The van der Waals surface area contributed by atoms with Gasteiger partial charge >= 0.3 is 5.97 Å². The van der Waals surface area contributed by atoms with Gasteiger partial charge < -0.3 is 9.64 Å². The van der Waals surface area contributed by atoms with E-state index in [9.17, 15) is 18.0 Å². The normalized spacial score (nSPS) is 19.6. The summed E-state index contributed by atoms with van der Waals surface area (Å²) >= 11 is 0. The van der Waals surface area contributed by atoms with Gasteiger partial charge in [0, 0.05) is 24.2 Å². The molecule has 0 radical (unpaired) electrons. The van der Waals surface area contributed by atoms with Gasteiger partial charge in [0.2, 0.25) is 0 Å². The number of hydrogen-bond donors (Lipinski definition) is 0. The van der Waals surface area contributed by atoms with Crippen LogP contribution in [0.3, 0.4) is 0 Å². The van der Waals surface area contributed by atoms with Gasteiger partial charge in [0.25, 0.3) is 5.91 Å². The molecule has 1 aromatic carbocycles. The number of ether oxygens (including phenoxy) is 1. The van der Waals surface area contributed by atoms with E-state index < -0.39 is 27.8 Å². The molecule has 3 rings (SSSR count). The van der Waals surface area contributed by atoms with Crippen molar-refractivity contribution in [1.82, 2.24) is 9.88 Å². The summed E-state index contributed by atoms with van der Waals surface area (Å²) in [4.78, 5) is 31.0. The standard InChI is InChI=1S/C19H22N2O5S/c1-12-10-16(15-6-4-5-7-17(15)20-12)19(23)26-13(2)18(22)21(3)14-8-9-27(24,25)11-14/h4-7,10,13-14H,8-9,11H2,1-3H3/t13-,14-/m0/s1. The zero-order valence-electron chi connectivity index (χ0n) is 15.5. The molecule has 1 aromatic heterocycles. The van der Waals surface area contributed by atoms with E-state index in [0.717, 1.165) is 0 Å². The number of benzene rings is 1. The molecule has 0 N–H and O–H groups in total. The Balaban J connectivity index is 1.75. The van der Waals surface area contributed by atoms with Crippen molar-refractivity contribution in [2.24, 2.45) is 0 Å². The molecule has 7 nitrogen and oxygen atoms in total. The summed E-state index contributed by atoms with van der Waals surface area (Å²) in [6, 6.07) is 8.48. The number of carbonyl (C=O) groups is 2. The SMILES string of the molecule is Cc1cc(C(=O)O[C@@H](C)C(=O)N(C)[C@H]2CCS(=O)(=O)C2)c2ccccc2n1.